The first-order valence-electron chi connectivity index (χ1n) is 16.8. The van der Waals surface area contributed by atoms with Gasteiger partial charge in [0.05, 0.1) is 12.1 Å². The number of fused-ring (bicyclic) bond motifs is 1. The van der Waals surface area contributed by atoms with Gasteiger partial charge in [-0.15, -0.1) is 0 Å². The molecule has 0 spiro atoms. The molecule has 43 heavy (non-hydrogen) atoms. The van der Waals surface area contributed by atoms with Gasteiger partial charge in [0.15, 0.2) is 5.82 Å². The highest BCUT2D eigenvalue weighted by atomic mass is 19.1. The molecule has 0 bridgehead atoms. The number of hydrogen-bond acceptors (Lipinski definition) is 3. The summed E-state index contributed by atoms with van der Waals surface area (Å²) in [5, 5.41) is 0. The number of hydrogen-bond donors (Lipinski definition) is 0. The van der Waals surface area contributed by atoms with Crippen LogP contribution in [0.4, 0.5) is 4.39 Å². The van der Waals surface area contributed by atoms with Gasteiger partial charge in [-0.25, -0.2) is 9.37 Å². The van der Waals surface area contributed by atoms with Crippen LogP contribution < -0.4 is 0 Å². The molecule has 0 N–H and O–H groups in total. The number of piperidine rings is 1. The summed E-state index contributed by atoms with van der Waals surface area (Å²) < 4.78 is 17.6. The van der Waals surface area contributed by atoms with Gasteiger partial charge in [0, 0.05) is 18.0 Å². The predicted molar refractivity (Wildman–Crippen MR) is 178 cm³/mol. The normalized spacial score (nSPS) is 18.5. The van der Waals surface area contributed by atoms with Gasteiger partial charge < -0.3 is 4.57 Å². The number of aromatic nitrogens is 2. The summed E-state index contributed by atoms with van der Waals surface area (Å²) in [7, 11) is 0. The number of aryl methyl sites for hydroxylation is 3. The summed E-state index contributed by atoms with van der Waals surface area (Å²) in [4.78, 5) is 12.6. The second kappa shape index (κ2) is 13.3. The van der Waals surface area contributed by atoms with Crippen LogP contribution in [0.25, 0.3) is 16.6 Å². The third-order valence-electron chi connectivity index (χ3n) is 10.3. The van der Waals surface area contributed by atoms with Crippen LogP contribution in [0.15, 0.2) is 53.7 Å². The van der Waals surface area contributed by atoms with Gasteiger partial charge in [0.25, 0.3) is 0 Å². The monoisotopic (exact) mass is 580 g/mol. The van der Waals surface area contributed by atoms with Crippen molar-refractivity contribution >= 4 is 22.3 Å². The first kappa shape index (κ1) is 30.0. The molecule has 3 aromatic rings. The lowest BCUT2D eigenvalue weighted by Crippen LogP contribution is -2.34. The molecule has 1 aromatic heterocycles. The van der Waals surface area contributed by atoms with Crippen LogP contribution in [0, 0.1) is 31.5 Å². The average molecular weight is 581 g/mol. The van der Waals surface area contributed by atoms with Crippen molar-refractivity contribution in [3.8, 4) is 0 Å². The van der Waals surface area contributed by atoms with Crippen molar-refractivity contribution in [1.29, 1.82) is 0 Å². The minimum Gasteiger partial charge on any atom is -0.327 e. The highest BCUT2D eigenvalue weighted by Crippen LogP contribution is 2.33. The zero-order valence-electron chi connectivity index (χ0n) is 26.6. The average Bonchev–Trinajstić information content (AvgIpc) is 3.32. The van der Waals surface area contributed by atoms with Crippen LogP contribution in [0.3, 0.4) is 0 Å². The van der Waals surface area contributed by atoms with E-state index in [2.05, 4.69) is 67.2 Å². The second-order valence-electron chi connectivity index (χ2n) is 13.5. The molecular weight excluding hydrogens is 531 g/mol. The van der Waals surface area contributed by atoms with Crippen molar-refractivity contribution in [2.24, 2.45) is 16.8 Å². The number of rotatable bonds is 11. The first-order chi connectivity index (χ1) is 20.9. The first-order valence-corrected chi connectivity index (χ1v) is 16.8. The molecule has 1 saturated heterocycles. The maximum absolute atomic E-state index is 15.3. The van der Waals surface area contributed by atoms with E-state index in [0.717, 1.165) is 87.2 Å². The van der Waals surface area contributed by atoms with Crippen LogP contribution in [0.1, 0.15) is 99.2 Å². The molecule has 4 nitrogen and oxygen atoms in total. The van der Waals surface area contributed by atoms with Gasteiger partial charge in [-0.3, -0.25) is 9.89 Å². The van der Waals surface area contributed by atoms with E-state index < -0.39 is 0 Å². The standard InChI is InChI=1S/C38H49FN4/c1-5-27(3)32-22-35(39)38-36(23-32)43(24-30-8-6-9-30)37(41-38)25-42-18-16-29(17-19-42)21-34-11-7-10-33(40-34)15-14-31-13-12-26(2)20-28(31)4/h11-13,20,22-23,29-30H,3,5-10,14-19,21,24-25H2,1-2,4H3. The molecule has 6 rings (SSSR count). The Morgan fingerprint density at radius 1 is 1.02 bits per heavy atom. The minimum absolute atomic E-state index is 0.218. The van der Waals surface area contributed by atoms with Gasteiger partial charge in [-0.2, -0.15) is 0 Å². The second-order valence-corrected chi connectivity index (χ2v) is 13.5. The summed E-state index contributed by atoms with van der Waals surface area (Å²) in [5.41, 5.74) is 10.2. The highest BCUT2D eigenvalue weighted by molar-refractivity contribution is 5.86. The molecule has 228 valence electrons. The number of halogens is 1. The Kier molecular flexibility index (Phi) is 9.28. The van der Waals surface area contributed by atoms with Gasteiger partial charge in [-0.1, -0.05) is 49.8 Å². The fraction of sp³-hybridized carbons (Fsp3) is 0.526. The zero-order chi connectivity index (χ0) is 29.9. The molecule has 0 radical (unpaired) electrons. The van der Waals surface area contributed by atoms with Crippen molar-refractivity contribution in [1.82, 2.24) is 14.5 Å². The van der Waals surface area contributed by atoms with Gasteiger partial charge in [0.2, 0.25) is 0 Å². The van der Waals surface area contributed by atoms with Crippen molar-refractivity contribution < 1.29 is 4.39 Å². The van der Waals surface area contributed by atoms with Crippen LogP contribution in [0.2, 0.25) is 0 Å². The van der Waals surface area contributed by atoms with E-state index >= 15 is 4.39 Å². The zero-order valence-corrected chi connectivity index (χ0v) is 26.6. The van der Waals surface area contributed by atoms with Crippen molar-refractivity contribution in [3.05, 3.63) is 82.6 Å². The summed E-state index contributed by atoms with van der Waals surface area (Å²) >= 11 is 0. The maximum Gasteiger partial charge on any atom is 0.151 e. The number of aliphatic imine (C=N–C) groups is 1. The molecule has 5 heteroatoms. The molecule has 2 aromatic carbocycles. The Morgan fingerprint density at radius 2 is 1.84 bits per heavy atom. The van der Waals surface area contributed by atoms with E-state index in [1.54, 1.807) is 6.07 Å². The van der Waals surface area contributed by atoms with E-state index in [1.807, 2.05) is 0 Å². The molecule has 0 atom stereocenters. The van der Waals surface area contributed by atoms with Crippen molar-refractivity contribution in [2.75, 3.05) is 13.1 Å². The molecule has 2 fully saturated rings. The fourth-order valence-corrected chi connectivity index (χ4v) is 7.17. The van der Waals surface area contributed by atoms with E-state index in [9.17, 15) is 0 Å². The number of nitrogens with zero attached hydrogens (tertiary/aromatic N) is 4. The van der Waals surface area contributed by atoms with E-state index in [4.69, 9.17) is 9.98 Å². The van der Waals surface area contributed by atoms with E-state index in [0.29, 0.717) is 17.4 Å². The summed E-state index contributed by atoms with van der Waals surface area (Å²) in [5.74, 6) is 2.16. The maximum atomic E-state index is 15.3. The molecular formula is C38H49FN4. The Hall–Kier alpha value is -3.05. The van der Waals surface area contributed by atoms with Crippen LogP contribution in [-0.2, 0) is 19.5 Å². The molecule has 3 heterocycles. The van der Waals surface area contributed by atoms with Gasteiger partial charge in [-0.05, 0) is 137 Å². The lowest BCUT2D eigenvalue weighted by Gasteiger charge is -2.33. The molecule has 1 aliphatic carbocycles. The predicted octanol–water partition coefficient (Wildman–Crippen LogP) is 9.37. The highest BCUT2D eigenvalue weighted by Gasteiger charge is 2.26. The summed E-state index contributed by atoms with van der Waals surface area (Å²) in [6.07, 6.45) is 14.9. The van der Waals surface area contributed by atoms with Crippen LogP contribution in [0.5, 0.6) is 0 Å². The smallest absolute Gasteiger partial charge is 0.151 e. The quantitative estimate of drug-likeness (QED) is 0.226. The SMILES string of the molecule is C=C(CC)c1cc(F)c2nc(CN3CCC(CC4=CCCC(CCc5ccc(C)cc5C)=N4)CC3)n(CC3CCC3)c2c1. The largest absolute Gasteiger partial charge is 0.327 e. The summed E-state index contributed by atoms with van der Waals surface area (Å²) in [6.45, 7) is 14.5. The molecule has 1 saturated carbocycles. The van der Waals surface area contributed by atoms with Crippen molar-refractivity contribution in [2.45, 2.75) is 104 Å². The van der Waals surface area contributed by atoms with E-state index in [1.165, 1.54) is 60.2 Å². The van der Waals surface area contributed by atoms with Gasteiger partial charge in [0.1, 0.15) is 11.3 Å². The lowest BCUT2D eigenvalue weighted by molar-refractivity contribution is 0.169. The number of benzene rings is 2. The number of allylic oxidation sites excluding steroid dienone is 3. The fourth-order valence-electron chi connectivity index (χ4n) is 7.17. The Morgan fingerprint density at radius 3 is 2.56 bits per heavy atom. The van der Waals surface area contributed by atoms with Crippen molar-refractivity contribution in [3.63, 3.8) is 0 Å². The summed E-state index contributed by atoms with van der Waals surface area (Å²) in [6, 6.07) is 10.6. The molecule has 0 amide bonds. The van der Waals surface area contributed by atoms with Gasteiger partial charge >= 0.3 is 0 Å². The third-order valence-corrected chi connectivity index (χ3v) is 10.3. The minimum atomic E-state index is -0.218. The number of imidazole rings is 1. The van der Waals surface area contributed by atoms with E-state index in [-0.39, 0.29) is 5.82 Å². The van der Waals surface area contributed by atoms with Crippen LogP contribution >= 0.6 is 0 Å². The molecule has 0 unspecified atom stereocenters. The third kappa shape index (κ3) is 7.03. The van der Waals surface area contributed by atoms with Crippen LogP contribution in [-0.4, -0.2) is 33.3 Å². The Balaban J connectivity index is 1.07. The molecule has 2 aliphatic heterocycles. The lowest BCUT2D eigenvalue weighted by atomic mass is 9.85. The topological polar surface area (TPSA) is 33.4 Å². The Labute approximate surface area is 257 Å². The number of likely N-dealkylation sites (tertiary alicyclic amines) is 1. The molecule has 3 aliphatic rings. The Bertz CT molecular complexity index is 1530.